The molecule has 1 aromatic carbocycles. The van der Waals surface area contributed by atoms with Crippen LogP contribution in [0.1, 0.15) is 5.69 Å². The molecule has 16 heavy (non-hydrogen) atoms. The van der Waals surface area contributed by atoms with E-state index in [1.54, 1.807) is 12.1 Å². The van der Waals surface area contributed by atoms with Crippen LogP contribution < -0.4 is 4.74 Å². The van der Waals surface area contributed by atoms with Crippen molar-refractivity contribution in [3.05, 3.63) is 28.4 Å². The van der Waals surface area contributed by atoms with E-state index in [2.05, 4.69) is 20.9 Å². The van der Waals surface area contributed by atoms with Crippen LogP contribution in [0.25, 0.3) is 10.9 Å². The van der Waals surface area contributed by atoms with Gasteiger partial charge in [0.25, 0.3) is 0 Å². The lowest BCUT2D eigenvalue weighted by molar-refractivity contribution is -0.141. The standard InChI is InChI=1S/C10H7BrF3NO/c1-16-5-2-3-6-7(4-5)15-9(8(6)11)10(12,13)14/h2-4,15H,1H3. The van der Waals surface area contributed by atoms with Gasteiger partial charge in [-0.3, -0.25) is 0 Å². The number of aromatic amines is 1. The number of H-pyrrole nitrogens is 1. The molecule has 1 aromatic heterocycles. The second-order valence-electron chi connectivity index (χ2n) is 3.22. The summed E-state index contributed by atoms with van der Waals surface area (Å²) in [6.07, 6.45) is -4.40. The summed E-state index contributed by atoms with van der Waals surface area (Å²) in [7, 11) is 1.46. The fraction of sp³-hybridized carbons (Fsp3) is 0.200. The van der Waals surface area contributed by atoms with Gasteiger partial charge in [0, 0.05) is 11.5 Å². The number of hydrogen-bond acceptors (Lipinski definition) is 1. The number of alkyl halides is 3. The molecule has 0 saturated carbocycles. The fourth-order valence-corrected chi connectivity index (χ4v) is 2.13. The van der Waals surface area contributed by atoms with E-state index < -0.39 is 11.9 Å². The van der Waals surface area contributed by atoms with Crippen molar-refractivity contribution in [1.82, 2.24) is 4.98 Å². The summed E-state index contributed by atoms with van der Waals surface area (Å²) in [5.74, 6) is 0.509. The van der Waals surface area contributed by atoms with Crippen molar-refractivity contribution in [2.45, 2.75) is 6.18 Å². The Kier molecular flexibility index (Phi) is 2.61. The van der Waals surface area contributed by atoms with Gasteiger partial charge >= 0.3 is 6.18 Å². The molecule has 0 aliphatic heterocycles. The molecule has 0 saturated heterocycles. The van der Waals surface area contributed by atoms with E-state index in [4.69, 9.17) is 4.74 Å². The second-order valence-corrected chi connectivity index (χ2v) is 4.02. The van der Waals surface area contributed by atoms with Gasteiger partial charge in [0.2, 0.25) is 0 Å². The molecule has 2 rings (SSSR count). The first-order valence-electron chi connectivity index (χ1n) is 4.36. The summed E-state index contributed by atoms with van der Waals surface area (Å²) in [6.45, 7) is 0. The highest BCUT2D eigenvalue weighted by Crippen LogP contribution is 2.39. The van der Waals surface area contributed by atoms with Crippen LogP contribution in [-0.2, 0) is 6.18 Å². The van der Waals surface area contributed by atoms with Gasteiger partial charge in [0.05, 0.1) is 17.1 Å². The lowest BCUT2D eigenvalue weighted by Gasteiger charge is -2.03. The van der Waals surface area contributed by atoms with Crippen LogP contribution in [0.4, 0.5) is 13.2 Å². The number of rotatable bonds is 1. The van der Waals surface area contributed by atoms with E-state index >= 15 is 0 Å². The van der Waals surface area contributed by atoms with E-state index in [1.165, 1.54) is 13.2 Å². The van der Waals surface area contributed by atoms with Crippen LogP contribution in [0.2, 0.25) is 0 Å². The van der Waals surface area contributed by atoms with Crippen molar-refractivity contribution in [2.24, 2.45) is 0 Å². The average molecular weight is 294 g/mol. The summed E-state index contributed by atoms with van der Waals surface area (Å²) in [4.78, 5) is 2.33. The monoisotopic (exact) mass is 293 g/mol. The molecule has 1 N–H and O–H groups in total. The Balaban J connectivity index is 2.68. The Bertz CT molecular complexity index is 533. The number of hydrogen-bond donors (Lipinski definition) is 1. The minimum atomic E-state index is -4.40. The molecule has 2 aromatic rings. The van der Waals surface area contributed by atoms with Crippen LogP contribution in [0.15, 0.2) is 22.7 Å². The van der Waals surface area contributed by atoms with Gasteiger partial charge < -0.3 is 9.72 Å². The molecule has 0 radical (unpaired) electrons. The molecule has 1 heterocycles. The van der Waals surface area contributed by atoms with Crippen molar-refractivity contribution >= 4 is 26.8 Å². The van der Waals surface area contributed by atoms with Gasteiger partial charge in [-0.1, -0.05) is 0 Å². The highest BCUT2D eigenvalue weighted by atomic mass is 79.9. The van der Waals surface area contributed by atoms with E-state index in [0.717, 1.165) is 0 Å². The molecule has 0 unspecified atom stereocenters. The quantitative estimate of drug-likeness (QED) is 0.846. The molecule has 0 aliphatic carbocycles. The van der Waals surface area contributed by atoms with Crippen molar-refractivity contribution in [2.75, 3.05) is 7.11 Å². The summed E-state index contributed by atoms with van der Waals surface area (Å²) in [5.41, 5.74) is -0.394. The van der Waals surface area contributed by atoms with Crippen molar-refractivity contribution in [3.63, 3.8) is 0 Å². The van der Waals surface area contributed by atoms with E-state index in [-0.39, 0.29) is 4.47 Å². The molecular weight excluding hydrogens is 287 g/mol. The van der Waals surface area contributed by atoms with E-state index in [1.807, 2.05) is 0 Å². The number of nitrogens with one attached hydrogen (secondary N) is 1. The Morgan fingerprint density at radius 1 is 1.31 bits per heavy atom. The molecular formula is C10H7BrF3NO. The Morgan fingerprint density at radius 2 is 2.00 bits per heavy atom. The minimum Gasteiger partial charge on any atom is -0.497 e. The maximum absolute atomic E-state index is 12.6. The molecule has 86 valence electrons. The first kappa shape index (κ1) is 11.3. The van der Waals surface area contributed by atoms with Gasteiger partial charge in [-0.15, -0.1) is 0 Å². The molecule has 0 fully saturated rings. The summed E-state index contributed by atoms with van der Waals surface area (Å²) in [5, 5.41) is 0.480. The van der Waals surface area contributed by atoms with Crippen molar-refractivity contribution < 1.29 is 17.9 Å². The largest absolute Gasteiger partial charge is 0.497 e. The number of fused-ring (bicyclic) bond motifs is 1. The second kappa shape index (κ2) is 3.69. The highest BCUT2D eigenvalue weighted by Gasteiger charge is 2.35. The predicted octanol–water partition coefficient (Wildman–Crippen LogP) is 3.96. The number of benzene rings is 1. The molecule has 6 heteroatoms. The third-order valence-corrected chi connectivity index (χ3v) is 3.05. The van der Waals surface area contributed by atoms with Gasteiger partial charge in [-0.05, 0) is 28.1 Å². The maximum atomic E-state index is 12.6. The topological polar surface area (TPSA) is 25.0 Å². The fourth-order valence-electron chi connectivity index (χ4n) is 1.46. The molecule has 2 nitrogen and oxygen atoms in total. The Hall–Kier alpha value is -1.17. The summed E-state index contributed by atoms with van der Waals surface area (Å²) < 4.78 is 42.7. The normalized spacial score (nSPS) is 12.1. The molecule has 0 aliphatic rings. The first-order valence-corrected chi connectivity index (χ1v) is 5.15. The maximum Gasteiger partial charge on any atom is 0.432 e. The number of methoxy groups -OCH3 is 1. The van der Waals surface area contributed by atoms with Gasteiger partial charge in [-0.2, -0.15) is 13.2 Å². The van der Waals surface area contributed by atoms with Crippen LogP contribution in [0, 0.1) is 0 Å². The number of aromatic nitrogens is 1. The van der Waals surface area contributed by atoms with Crippen LogP contribution in [-0.4, -0.2) is 12.1 Å². The summed E-state index contributed by atoms with van der Waals surface area (Å²) in [6, 6.07) is 4.71. The average Bonchev–Trinajstić information content (AvgIpc) is 2.55. The lowest BCUT2D eigenvalue weighted by Crippen LogP contribution is -2.05. The smallest absolute Gasteiger partial charge is 0.432 e. The zero-order valence-electron chi connectivity index (χ0n) is 8.15. The molecule has 0 bridgehead atoms. The molecule has 0 spiro atoms. The number of ether oxygens (including phenoxy) is 1. The van der Waals surface area contributed by atoms with E-state index in [0.29, 0.717) is 16.7 Å². The minimum absolute atomic E-state index is 0.0256. The third kappa shape index (κ3) is 1.77. The van der Waals surface area contributed by atoms with Crippen molar-refractivity contribution in [1.29, 1.82) is 0 Å². The van der Waals surface area contributed by atoms with Gasteiger partial charge in [0.15, 0.2) is 0 Å². The molecule has 0 atom stereocenters. The van der Waals surface area contributed by atoms with Crippen LogP contribution in [0.3, 0.4) is 0 Å². The van der Waals surface area contributed by atoms with E-state index in [9.17, 15) is 13.2 Å². The number of halogens is 4. The van der Waals surface area contributed by atoms with Crippen LogP contribution >= 0.6 is 15.9 Å². The first-order chi connectivity index (χ1) is 7.43. The van der Waals surface area contributed by atoms with Crippen molar-refractivity contribution in [3.8, 4) is 5.75 Å². The third-order valence-electron chi connectivity index (χ3n) is 2.23. The Labute approximate surface area is 97.5 Å². The highest BCUT2D eigenvalue weighted by molar-refractivity contribution is 9.10. The summed E-state index contributed by atoms with van der Waals surface area (Å²) >= 11 is 2.94. The predicted molar refractivity (Wildman–Crippen MR) is 57.6 cm³/mol. The Morgan fingerprint density at radius 3 is 2.56 bits per heavy atom. The lowest BCUT2D eigenvalue weighted by atomic mass is 10.2. The van der Waals surface area contributed by atoms with Crippen LogP contribution in [0.5, 0.6) is 5.75 Å². The van der Waals surface area contributed by atoms with Gasteiger partial charge in [-0.25, -0.2) is 0 Å². The zero-order chi connectivity index (χ0) is 11.9. The molecule has 0 amide bonds. The zero-order valence-corrected chi connectivity index (χ0v) is 9.74. The van der Waals surface area contributed by atoms with Gasteiger partial charge in [0.1, 0.15) is 11.4 Å². The SMILES string of the molecule is COc1ccc2c(Br)c(C(F)(F)F)[nH]c2c1.